The van der Waals surface area contributed by atoms with Crippen molar-refractivity contribution in [3.8, 4) is 0 Å². The number of amides is 1. The summed E-state index contributed by atoms with van der Waals surface area (Å²) in [5, 5.41) is 6.57. The van der Waals surface area contributed by atoms with E-state index in [4.69, 9.17) is 17.0 Å². The van der Waals surface area contributed by atoms with Crippen LogP contribution in [0.1, 0.15) is 38.4 Å². The standard InChI is InChI=1S/C25H33N7O4S3/c1-16-6-5-7-18(12-16)39(34,35)22-20(29-19-8-10-27-21(19)30-22)13-26-15-38-31-23(37)32-11-9-17(14-32)28-24(33)36-25(2,3)4/h5-8,10,12,17,26H,9,11,13-15H2,1-4H3,(H,27,30)(H,28,33)(H,31,37). The number of rotatable bonds is 8. The first kappa shape index (κ1) is 29.1. The fraction of sp³-hybridized carbons (Fsp3) is 0.440. The predicted molar refractivity (Wildman–Crippen MR) is 155 cm³/mol. The van der Waals surface area contributed by atoms with Crippen molar-refractivity contribution in [2.45, 2.75) is 62.2 Å². The lowest BCUT2D eigenvalue weighted by Gasteiger charge is -2.22. The van der Waals surface area contributed by atoms with Crippen molar-refractivity contribution in [2.24, 2.45) is 0 Å². The first-order chi connectivity index (χ1) is 18.4. The number of nitrogens with one attached hydrogen (secondary N) is 4. The summed E-state index contributed by atoms with van der Waals surface area (Å²) in [7, 11) is -3.88. The van der Waals surface area contributed by atoms with Gasteiger partial charge in [0.05, 0.1) is 22.5 Å². The maximum absolute atomic E-state index is 13.4. The summed E-state index contributed by atoms with van der Waals surface area (Å²) in [5.41, 5.74) is 1.63. The molecular weight excluding hydrogens is 559 g/mol. The van der Waals surface area contributed by atoms with Crippen LogP contribution >= 0.6 is 24.2 Å². The Hall–Kier alpha value is -2.94. The molecule has 0 aliphatic carbocycles. The number of carbonyl (C=O) groups is 1. The molecule has 0 radical (unpaired) electrons. The number of fused-ring (bicyclic) bond motifs is 1. The molecule has 39 heavy (non-hydrogen) atoms. The lowest BCUT2D eigenvalue weighted by atomic mass is 10.2. The molecule has 210 valence electrons. The minimum Gasteiger partial charge on any atom is -0.444 e. The SMILES string of the molecule is Cc1cccc(S(=O)(=O)c2nc3[nH]ccc3nc2CNCSNC(=S)N2CCC(NC(=O)OC(C)(C)C)C2)c1. The summed E-state index contributed by atoms with van der Waals surface area (Å²) in [4.78, 5) is 26.1. The van der Waals surface area contributed by atoms with Gasteiger partial charge in [0.25, 0.3) is 0 Å². The summed E-state index contributed by atoms with van der Waals surface area (Å²) >= 11 is 6.85. The molecule has 14 heteroatoms. The Kier molecular flexibility index (Phi) is 8.99. The highest BCUT2D eigenvalue weighted by atomic mass is 32.2. The monoisotopic (exact) mass is 591 g/mol. The van der Waals surface area contributed by atoms with E-state index in [9.17, 15) is 13.2 Å². The number of benzene rings is 1. The van der Waals surface area contributed by atoms with Crippen molar-refractivity contribution in [1.29, 1.82) is 0 Å². The van der Waals surface area contributed by atoms with E-state index in [1.165, 1.54) is 11.9 Å². The Morgan fingerprint density at radius 2 is 2.08 bits per heavy atom. The molecule has 0 saturated carbocycles. The molecule has 0 spiro atoms. The van der Waals surface area contributed by atoms with Crippen molar-refractivity contribution >= 4 is 56.4 Å². The smallest absolute Gasteiger partial charge is 0.407 e. The Morgan fingerprint density at radius 3 is 2.82 bits per heavy atom. The van der Waals surface area contributed by atoms with Gasteiger partial charge in [-0.1, -0.05) is 12.1 Å². The van der Waals surface area contributed by atoms with Crippen LogP contribution in [0.3, 0.4) is 0 Å². The van der Waals surface area contributed by atoms with Crippen LogP contribution in [0.15, 0.2) is 46.5 Å². The van der Waals surface area contributed by atoms with Gasteiger partial charge in [0.15, 0.2) is 15.8 Å². The van der Waals surface area contributed by atoms with E-state index in [0.29, 0.717) is 40.9 Å². The highest BCUT2D eigenvalue weighted by Crippen LogP contribution is 2.24. The number of aryl methyl sites for hydroxylation is 1. The maximum atomic E-state index is 13.4. The molecule has 0 bridgehead atoms. The van der Waals surface area contributed by atoms with Crippen LogP contribution in [0.4, 0.5) is 4.79 Å². The fourth-order valence-corrected chi connectivity index (χ4v) is 6.37. The first-order valence-electron chi connectivity index (χ1n) is 12.4. The summed E-state index contributed by atoms with van der Waals surface area (Å²) < 4.78 is 35.3. The van der Waals surface area contributed by atoms with Crippen LogP contribution in [-0.4, -0.2) is 70.1 Å². The third-order valence-corrected chi connectivity index (χ3v) is 8.68. The largest absolute Gasteiger partial charge is 0.444 e. The molecule has 1 atom stereocenters. The topological polar surface area (TPSA) is 141 Å². The van der Waals surface area contributed by atoms with E-state index in [0.717, 1.165) is 12.0 Å². The molecule has 3 aromatic rings. The van der Waals surface area contributed by atoms with Gasteiger partial charge in [-0.05, 0) is 82.0 Å². The molecular formula is C25H33N7O4S3. The number of aromatic amines is 1. The third kappa shape index (κ3) is 7.59. The van der Waals surface area contributed by atoms with Crippen LogP contribution in [-0.2, 0) is 21.1 Å². The van der Waals surface area contributed by atoms with Gasteiger partial charge < -0.3 is 30.0 Å². The highest BCUT2D eigenvalue weighted by Gasteiger charge is 2.28. The van der Waals surface area contributed by atoms with Gasteiger partial charge in [-0.3, -0.25) is 0 Å². The second-order valence-electron chi connectivity index (χ2n) is 10.2. The number of nitrogens with zero attached hydrogens (tertiary/aromatic N) is 3. The van der Waals surface area contributed by atoms with Crippen LogP contribution in [0, 0.1) is 6.92 Å². The van der Waals surface area contributed by atoms with Gasteiger partial charge in [0, 0.05) is 25.8 Å². The second kappa shape index (κ2) is 12.1. The van der Waals surface area contributed by atoms with E-state index >= 15 is 0 Å². The number of aromatic nitrogens is 3. The van der Waals surface area contributed by atoms with Crippen molar-refractivity contribution in [2.75, 3.05) is 19.0 Å². The quantitative estimate of drug-likeness (QED) is 0.133. The van der Waals surface area contributed by atoms with E-state index in [-0.39, 0.29) is 22.5 Å². The molecule has 1 aromatic carbocycles. The summed E-state index contributed by atoms with van der Waals surface area (Å²) in [5.74, 6) is 0.435. The highest BCUT2D eigenvalue weighted by molar-refractivity contribution is 7.98. The van der Waals surface area contributed by atoms with E-state index < -0.39 is 21.5 Å². The predicted octanol–water partition coefficient (Wildman–Crippen LogP) is 3.27. The minimum atomic E-state index is -3.88. The molecule has 1 amide bonds. The minimum absolute atomic E-state index is 0.0431. The van der Waals surface area contributed by atoms with Crippen molar-refractivity contribution in [3.05, 3.63) is 47.8 Å². The lowest BCUT2D eigenvalue weighted by molar-refractivity contribution is 0.0507. The van der Waals surface area contributed by atoms with Gasteiger partial charge in [-0.25, -0.2) is 23.2 Å². The maximum Gasteiger partial charge on any atom is 0.407 e. The number of ether oxygens (including phenoxy) is 1. The summed E-state index contributed by atoms with van der Waals surface area (Å²) in [6.45, 7) is 8.82. The van der Waals surface area contributed by atoms with Crippen LogP contribution < -0.4 is 15.4 Å². The number of hydrogen-bond acceptors (Lipinski definition) is 9. The Morgan fingerprint density at radius 1 is 1.28 bits per heavy atom. The molecule has 1 saturated heterocycles. The number of hydrogen-bond donors (Lipinski definition) is 4. The first-order valence-corrected chi connectivity index (χ1v) is 15.3. The zero-order valence-corrected chi connectivity index (χ0v) is 24.7. The van der Waals surface area contributed by atoms with Crippen LogP contribution in [0.25, 0.3) is 11.2 Å². The third-order valence-electron chi connectivity index (χ3n) is 5.80. The van der Waals surface area contributed by atoms with E-state index in [2.05, 4.69) is 30.3 Å². The number of alkyl carbamates (subject to hydrolysis) is 1. The number of carbonyl (C=O) groups excluding carboxylic acids is 1. The van der Waals surface area contributed by atoms with Crippen molar-refractivity contribution in [3.63, 3.8) is 0 Å². The van der Waals surface area contributed by atoms with E-state index in [1.807, 2.05) is 38.7 Å². The molecule has 3 heterocycles. The Balaban J connectivity index is 1.31. The molecule has 1 unspecified atom stereocenters. The molecule has 2 aromatic heterocycles. The number of thiocarbonyl (C=S) groups is 1. The average molecular weight is 592 g/mol. The van der Waals surface area contributed by atoms with Crippen LogP contribution in [0.5, 0.6) is 0 Å². The normalized spacial score (nSPS) is 15.9. The summed E-state index contributed by atoms with van der Waals surface area (Å²) in [6.07, 6.45) is 2.01. The number of sulfone groups is 1. The second-order valence-corrected chi connectivity index (χ2v) is 13.2. The Labute approximate surface area is 237 Å². The molecule has 4 rings (SSSR count). The van der Waals surface area contributed by atoms with Crippen LogP contribution in [0.2, 0.25) is 0 Å². The van der Waals surface area contributed by atoms with Gasteiger partial charge in [-0.2, -0.15) is 0 Å². The zero-order chi connectivity index (χ0) is 28.2. The Bertz CT molecular complexity index is 1450. The molecule has 1 aliphatic rings. The number of likely N-dealkylation sites (tertiary alicyclic amines) is 1. The molecule has 1 fully saturated rings. The summed E-state index contributed by atoms with van der Waals surface area (Å²) in [6, 6.07) is 8.45. The molecule has 4 N–H and O–H groups in total. The van der Waals surface area contributed by atoms with Gasteiger partial charge >= 0.3 is 6.09 Å². The zero-order valence-electron chi connectivity index (χ0n) is 22.3. The molecule has 1 aliphatic heterocycles. The van der Waals surface area contributed by atoms with Crippen molar-refractivity contribution in [1.82, 2.24) is 35.2 Å². The molecule has 11 nitrogen and oxygen atoms in total. The van der Waals surface area contributed by atoms with Gasteiger partial charge in [0.1, 0.15) is 11.1 Å². The van der Waals surface area contributed by atoms with Gasteiger partial charge in [-0.15, -0.1) is 0 Å². The number of H-pyrrole nitrogens is 1. The van der Waals surface area contributed by atoms with Gasteiger partial charge in [0.2, 0.25) is 9.84 Å². The average Bonchev–Trinajstić information content (AvgIpc) is 3.51. The van der Waals surface area contributed by atoms with Crippen molar-refractivity contribution < 1.29 is 17.9 Å². The fourth-order valence-electron chi connectivity index (χ4n) is 4.04. The lowest BCUT2D eigenvalue weighted by Crippen LogP contribution is -2.42. The van der Waals surface area contributed by atoms with E-state index in [1.54, 1.807) is 30.5 Å².